The summed E-state index contributed by atoms with van der Waals surface area (Å²) in [6.45, 7) is 4.26. The zero-order valence-corrected chi connectivity index (χ0v) is 11.3. The number of anilines is 1. The molecule has 0 aliphatic rings. The van der Waals surface area contributed by atoms with Crippen LogP contribution in [0, 0.1) is 0 Å². The molecule has 0 saturated heterocycles. The average molecular weight is 271 g/mol. The summed E-state index contributed by atoms with van der Waals surface area (Å²) in [5, 5.41) is 5.01. The van der Waals surface area contributed by atoms with Crippen LogP contribution < -0.4 is 11.1 Å². The van der Waals surface area contributed by atoms with Crippen LogP contribution in [0.25, 0.3) is 10.8 Å². The SMILES string of the molecule is C=CCOC[C@H]([NH3+])C(=O)Nc1cccc2ccccc12. The first kappa shape index (κ1) is 14.2. The maximum Gasteiger partial charge on any atom is 0.285 e. The Morgan fingerprint density at radius 3 is 2.85 bits per heavy atom. The number of carbonyl (C=O) groups is 1. The Kier molecular flexibility index (Phi) is 4.87. The number of fused-ring (bicyclic) bond motifs is 1. The molecule has 104 valence electrons. The van der Waals surface area contributed by atoms with Crippen LogP contribution >= 0.6 is 0 Å². The number of nitrogens with one attached hydrogen (secondary N) is 1. The Bertz CT molecular complexity index is 605. The minimum Gasteiger partial charge on any atom is -0.371 e. The van der Waals surface area contributed by atoms with Gasteiger partial charge in [-0.25, -0.2) is 0 Å². The third-order valence-electron chi connectivity index (χ3n) is 2.97. The lowest BCUT2D eigenvalue weighted by atomic mass is 10.1. The van der Waals surface area contributed by atoms with E-state index < -0.39 is 6.04 Å². The van der Waals surface area contributed by atoms with E-state index in [1.165, 1.54) is 0 Å². The summed E-state index contributed by atoms with van der Waals surface area (Å²) in [5.74, 6) is -0.148. The lowest BCUT2D eigenvalue weighted by Gasteiger charge is -2.11. The van der Waals surface area contributed by atoms with Crippen molar-refractivity contribution in [1.29, 1.82) is 0 Å². The van der Waals surface area contributed by atoms with Crippen LogP contribution in [0.5, 0.6) is 0 Å². The second-order valence-corrected chi connectivity index (χ2v) is 4.54. The second kappa shape index (κ2) is 6.84. The number of carbonyl (C=O) groups excluding carboxylic acids is 1. The largest absolute Gasteiger partial charge is 0.371 e. The zero-order valence-electron chi connectivity index (χ0n) is 11.3. The lowest BCUT2D eigenvalue weighted by molar-refractivity contribution is -0.409. The molecule has 2 aromatic carbocycles. The van der Waals surface area contributed by atoms with Crippen LogP contribution in [0.15, 0.2) is 55.1 Å². The van der Waals surface area contributed by atoms with E-state index in [-0.39, 0.29) is 12.5 Å². The molecule has 0 aliphatic carbocycles. The minimum absolute atomic E-state index is 0.148. The van der Waals surface area contributed by atoms with E-state index in [0.29, 0.717) is 6.61 Å². The van der Waals surface area contributed by atoms with Crippen LogP contribution in [0.2, 0.25) is 0 Å². The van der Waals surface area contributed by atoms with E-state index in [2.05, 4.69) is 17.6 Å². The van der Waals surface area contributed by atoms with Crippen molar-refractivity contribution in [2.24, 2.45) is 0 Å². The Balaban J connectivity index is 2.08. The molecule has 0 saturated carbocycles. The van der Waals surface area contributed by atoms with Crippen molar-refractivity contribution < 1.29 is 15.3 Å². The summed E-state index contributed by atoms with van der Waals surface area (Å²) in [6, 6.07) is 13.3. The maximum atomic E-state index is 12.1. The number of rotatable bonds is 6. The van der Waals surface area contributed by atoms with Gasteiger partial charge < -0.3 is 15.8 Å². The summed E-state index contributed by atoms with van der Waals surface area (Å²) >= 11 is 0. The molecule has 0 aliphatic heterocycles. The standard InChI is InChI=1S/C16H18N2O2/c1-2-10-20-11-14(17)16(19)18-15-9-5-7-12-6-3-4-8-13(12)15/h2-9,14H,1,10-11,17H2,(H,18,19)/p+1/t14-/m0/s1. The quantitative estimate of drug-likeness (QED) is 0.619. The van der Waals surface area contributed by atoms with Gasteiger partial charge in [0, 0.05) is 11.1 Å². The molecule has 1 atom stereocenters. The van der Waals surface area contributed by atoms with Crippen molar-refractivity contribution >= 4 is 22.4 Å². The summed E-state index contributed by atoms with van der Waals surface area (Å²) < 4.78 is 5.25. The number of benzene rings is 2. The molecule has 0 radical (unpaired) electrons. The number of amides is 1. The second-order valence-electron chi connectivity index (χ2n) is 4.54. The van der Waals surface area contributed by atoms with Crippen LogP contribution in [0.4, 0.5) is 5.69 Å². The monoisotopic (exact) mass is 271 g/mol. The predicted octanol–water partition coefficient (Wildman–Crippen LogP) is 1.59. The Morgan fingerprint density at radius 2 is 2.05 bits per heavy atom. The number of hydrogen-bond acceptors (Lipinski definition) is 2. The molecule has 0 bridgehead atoms. The third kappa shape index (κ3) is 3.44. The number of quaternary nitrogens is 1. The molecule has 2 aromatic rings. The third-order valence-corrected chi connectivity index (χ3v) is 2.97. The summed E-state index contributed by atoms with van der Waals surface area (Å²) in [4.78, 5) is 12.1. The molecule has 20 heavy (non-hydrogen) atoms. The predicted molar refractivity (Wildman–Crippen MR) is 80.3 cm³/mol. The Labute approximate surface area is 118 Å². The molecule has 2 rings (SSSR count). The van der Waals surface area contributed by atoms with Gasteiger partial charge in [-0.05, 0) is 11.5 Å². The van der Waals surface area contributed by atoms with Crippen molar-refractivity contribution in [3.8, 4) is 0 Å². The molecule has 0 heterocycles. The molecule has 1 amide bonds. The molecule has 0 unspecified atom stereocenters. The van der Waals surface area contributed by atoms with Gasteiger partial charge in [-0.1, -0.05) is 42.5 Å². The maximum absolute atomic E-state index is 12.1. The van der Waals surface area contributed by atoms with Crippen molar-refractivity contribution in [2.75, 3.05) is 18.5 Å². The zero-order chi connectivity index (χ0) is 14.4. The van der Waals surface area contributed by atoms with Crippen molar-refractivity contribution in [2.45, 2.75) is 6.04 Å². The van der Waals surface area contributed by atoms with Gasteiger partial charge in [-0.3, -0.25) is 4.79 Å². The van der Waals surface area contributed by atoms with E-state index in [1.54, 1.807) is 6.08 Å². The first-order valence-electron chi connectivity index (χ1n) is 6.52. The molecule has 4 nitrogen and oxygen atoms in total. The number of ether oxygens (including phenoxy) is 1. The first-order chi connectivity index (χ1) is 9.72. The molecule has 4 heteroatoms. The van der Waals surface area contributed by atoms with E-state index >= 15 is 0 Å². The molecular weight excluding hydrogens is 252 g/mol. The van der Waals surface area contributed by atoms with Gasteiger partial charge in [-0.15, -0.1) is 6.58 Å². The fraction of sp³-hybridized carbons (Fsp3) is 0.188. The average Bonchev–Trinajstić information content (AvgIpc) is 2.47. The summed E-state index contributed by atoms with van der Waals surface area (Å²) in [5.41, 5.74) is 4.61. The summed E-state index contributed by atoms with van der Waals surface area (Å²) in [6.07, 6.45) is 1.65. The molecule has 0 spiro atoms. The molecule has 0 fully saturated rings. The van der Waals surface area contributed by atoms with Gasteiger partial charge in [0.1, 0.15) is 6.61 Å². The van der Waals surface area contributed by atoms with Crippen molar-refractivity contribution in [3.05, 3.63) is 55.1 Å². The normalized spacial score (nSPS) is 12.1. The smallest absolute Gasteiger partial charge is 0.285 e. The molecule has 0 aromatic heterocycles. The van der Waals surface area contributed by atoms with Crippen LogP contribution in [-0.2, 0) is 9.53 Å². The van der Waals surface area contributed by atoms with Gasteiger partial charge in [0.15, 0.2) is 6.04 Å². The van der Waals surface area contributed by atoms with Gasteiger partial charge in [0.25, 0.3) is 5.91 Å². The van der Waals surface area contributed by atoms with Crippen LogP contribution in [0.1, 0.15) is 0 Å². The number of hydrogen-bond donors (Lipinski definition) is 2. The van der Waals surface area contributed by atoms with E-state index in [1.807, 2.05) is 42.5 Å². The fourth-order valence-corrected chi connectivity index (χ4v) is 1.94. The highest BCUT2D eigenvalue weighted by Crippen LogP contribution is 2.22. The van der Waals surface area contributed by atoms with Gasteiger partial charge in [0.05, 0.1) is 6.61 Å². The fourth-order valence-electron chi connectivity index (χ4n) is 1.94. The van der Waals surface area contributed by atoms with E-state index in [0.717, 1.165) is 16.5 Å². The van der Waals surface area contributed by atoms with Crippen molar-refractivity contribution in [1.82, 2.24) is 0 Å². The van der Waals surface area contributed by atoms with E-state index in [9.17, 15) is 4.79 Å². The van der Waals surface area contributed by atoms with Gasteiger partial charge in [0.2, 0.25) is 0 Å². The molecule has 4 N–H and O–H groups in total. The minimum atomic E-state index is -0.450. The Hall–Kier alpha value is -2.17. The highest BCUT2D eigenvalue weighted by molar-refractivity contribution is 6.03. The van der Waals surface area contributed by atoms with Gasteiger partial charge >= 0.3 is 0 Å². The molecular formula is C16H19N2O2+. The van der Waals surface area contributed by atoms with E-state index in [4.69, 9.17) is 4.74 Å². The highest BCUT2D eigenvalue weighted by Gasteiger charge is 2.17. The highest BCUT2D eigenvalue weighted by atomic mass is 16.5. The van der Waals surface area contributed by atoms with Crippen LogP contribution in [0.3, 0.4) is 0 Å². The van der Waals surface area contributed by atoms with Crippen LogP contribution in [-0.4, -0.2) is 25.2 Å². The van der Waals surface area contributed by atoms with Crippen molar-refractivity contribution in [3.63, 3.8) is 0 Å². The lowest BCUT2D eigenvalue weighted by Crippen LogP contribution is -2.68. The van der Waals surface area contributed by atoms with Gasteiger partial charge in [-0.2, -0.15) is 0 Å². The topological polar surface area (TPSA) is 66.0 Å². The summed E-state index contributed by atoms with van der Waals surface area (Å²) in [7, 11) is 0. The first-order valence-corrected chi connectivity index (χ1v) is 6.52. The Morgan fingerprint density at radius 1 is 1.30 bits per heavy atom.